The van der Waals surface area contributed by atoms with Gasteiger partial charge in [0.1, 0.15) is 12.4 Å². The van der Waals surface area contributed by atoms with E-state index in [4.69, 9.17) is 16.9 Å². The molecule has 0 atom stereocenters. The van der Waals surface area contributed by atoms with Crippen LogP contribution >= 0.6 is 0 Å². The highest BCUT2D eigenvalue weighted by molar-refractivity contribution is 5.73. The summed E-state index contributed by atoms with van der Waals surface area (Å²) in [6.45, 7) is 0.265. The summed E-state index contributed by atoms with van der Waals surface area (Å²) >= 11 is 0. The van der Waals surface area contributed by atoms with Gasteiger partial charge >= 0.3 is 0 Å². The summed E-state index contributed by atoms with van der Waals surface area (Å²) in [6, 6.07) is 7.45. The van der Waals surface area contributed by atoms with Crippen molar-refractivity contribution in [1.82, 2.24) is 0 Å². The number of primary amides is 1. The van der Waals surface area contributed by atoms with Gasteiger partial charge in [0.05, 0.1) is 0 Å². The SMILES string of the molecule is C#CCOc1ccc(CCC(N)=O)cc1. The van der Waals surface area contributed by atoms with Crippen LogP contribution in [0.4, 0.5) is 0 Å². The molecule has 0 heterocycles. The van der Waals surface area contributed by atoms with Crippen molar-refractivity contribution >= 4 is 5.91 Å². The van der Waals surface area contributed by atoms with Crippen LogP contribution < -0.4 is 10.5 Å². The van der Waals surface area contributed by atoms with Crippen molar-refractivity contribution in [3.63, 3.8) is 0 Å². The zero-order chi connectivity index (χ0) is 11.1. The van der Waals surface area contributed by atoms with E-state index >= 15 is 0 Å². The number of carbonyl (C=O) groups is 1. The van der Waals surface area contributed by atoms with Gasteiger partial charge in [-0.2, -0.15) is 0 Å². The largest absolute Gasteiger partial charge is 0.481 e. The second kappa shape index (κ2) is 5.71. The van der Waals surface area contributed by atoms with Crippen molar-refractivity contribution < 1.29 is 9.53 Å². The lowest BCUT2D eigenvalue weighted by Crippen LogP contribution is -2.11. The van der Waals surface area contributed by atoms with E-state index in [2.05, 4.69) is 5.92 Å². The summed E-state index contributed by atoms with van der Waals surface area (Å²) in [6.07, 6.45) is 6.08. The molecular formula is C12H13NO2. The number of ether oxygens (including phenoxy) is 1. The maximum absolute atomic E-state index is 10.6. The van der Waals surface area contributed by atoms with Gasteiger partial charge in [-0.15, -0.1) is 6.42 Å². The lowest BCUT2D eigenvalue weighted by Gasteiger charge is -2.03. The van der Waals surface area contributed by atoms with Gasteiger partial charge in [-0.3, -0.25) is 4.79 Å². The molecule has 0 bridgehead atoms. The van der Waals surface area contributed by atoms with Gasteiger partial charge in [0.15, 0.2) is 0 Å². The van der Waals surface area contributed by atoms with Crippen LogP contribution in [0.25, 0.3) is 0 Å². The number of benzene rings is 1. The Labute approximate surface area is 89.2 Å². The number of aryl methyl sites for hydroxylation is 1. The normalized spacial score (nSPS) is 9.27. The van der Waals surface area contributed by atoms with Crippen LogP contribution in [0.2, 0.25) is 0 Å². The van der Waals surface area contributed by atoms with Crippen LogP contribution in [0.3, 0.4) is 0 Å². The van der Waals surface area contributed by atoms with Crippen molar-refractivity contribution in [1.29, 1.82) is 0 Å². The summed E-state index contributed by atoms with van der Waals surface area (Å²) in [4.78, 5) is 10.6. The molecule has 0 saturated heterocycles. The van der Waals surface area contributed by atoms with Crippen LogP contribution in [0.1, 0.15) is 12.0 Å². The highest BCUT2D eigenvalue weighted by Crippen LogP contribution is 2.12. The van der Waals surface area contributed by atoms with Crippen molar-refractivity contribution in [3.05, 3.63) is 29.8 Å². The molecule has 0 fully saturated rings. The minimum Gasteiger partial charge on any atom is -0.481 e. The minimum atomic E-state index is -0.289. The van der Waals surface area contributed by atoms with Gasteiger partial charge in [0.2, 0.25) is 5.91 Å². The van der Waals surface area contributed by atoms with E-state index in [9.17, 15) is 4.79 Å². The van der Waals surface area contributed by atoms with Gasteiger partial charge in [0, 0.05) is 6.42 Å². The zero-order valence-corrected chi connectivity index (χ0v) is 8.40. The van der Waals surface area contributed by atoms with E-state index in [1.165, 1.54) is 0 Å². The molecule has 3 nitrogen and oxygen atoms in total. The zero-order valence-electron chi connectivity index (χ0n) is 8.40. The summed E-state index contributed by atoms with van der Waals surface area (Å²) < 4.78 is 5.21. The van der Waals surface area contributed by atoms with E-state index in [1.54, 1.807) is 0 Å². The number of hydrogen-bond acceptors (Lipinski definition) is 2. The fourth-order valence-corrected chi connectivity index (χ4v) is 1.14. The quantitative estimate of drug-likeness (QED) is 0.729. The van der Waals surface area contributed by atoms with E-state index in [0.717, 1.165) is 11.3 Å². The number of rotatable bonds is 5. The summed E-state index contributed by atoms with van der Waals surface area (Å²) in [5.41, 5.74) is 6.11. The third-order valence-corrected chi connectivity index (χ3v) is 1.91. The number of carbonyl (C=O) groups excluding carboxylic acids is 1. The molecule has 1 amide bonds. The molecular weight excluding hydrogens is 190 g/mol. The number of nitrogens with two attached hydrogens (primary N) is 1. The Hall–Kier alpha value is -1.95. The Morgan fingerprint density at radius 3 is 2.60 bits per heavy atom. The topological polar surface area (TPSA) is 52.3 Å². The molecule has 1 aromatic carbocycles. The molecule has 15 heavy (non-hydrogen) atoms. The molecule has 1 aromatic rings. The second-order valence-corrected chi connectivity index (χ2v) is 3.10. The van der Waals surface area contributed by atoms with Crippen molar-refractivity contribution in [2.45, 2.75) is 12.8 Å². The van der Waals surface area contributed by atoms with Gasteiger partial charge in [-0.05, 0) is 24.1 Å². The third-order valence-electron chi connectivity index (χ3n) is 1.91. The first-order chi connectivity index (χ1) is 7.22. The summed E-state index contributed by atoms with van der Waals surface area (Å²) in [7, 11) is 0. The predicted octanol–water partition coefficient (Wildman–Crippen LogP) is 1.12. The fraction of sp³-hybridized carbons (Fsp3) is 0.250. The average Bonchev–Trinajstić information content (AvgIpc) is 2.25. The highest BCUT2D eigenvalue weighted by atomic mass is 16.5. The van der Waals surface area contributed by atoms with Gasteiger partial charge in [-0.1, -0.05) is 18.1 Å². The van der Waals surface area contributed by atoms with Gasteiger partial charge in [0.25, 0.3) is 0 Å². The molecule has 0 unspecified atom stereocenters. The van der Waals surface area contributed by atoms with E-state index in [-0.39, 0.29) is 12.5 Å². The smallest absolute Gasteiger partial charge is 0.217 e. The summed E-state index contributed by atoms with van der Waals surface area (Å²) in [5.74, 6) is 2.83. The molecule has 0 aliphatic carbocycles. The average molecular weight is 203 g/mol. The summed E-state index contributed by atoms with van der Waals surface area (Å²) in [5, 5.41) is 0. The van der Waals surface area contributed by atoms with Crippen LogP contribution in [0, 0.1) is 12.3 Å². The first-order valence-corrected chi connectivity index (χ1v) is 4.66. The van der Waals surface area contributed by atoms with Crippen molar-refractivity contribution in [2.75, 3.05) is 6.61 Å². The van der Waals surface area contributed by atoms with E-state index in [0.29, 0.717) is 12.8 Å². The second-order valence-electron chi connectivity index (χ2n) is 3.10. The maximum atomic E-state index is 10.6. The van der Waals surface area contributed by atoms with Crippen LogP contribution in [-0.2, 0) is 11.2 Å². The maximum Gasteiger partial charge on any atom is 0.217 e. The molecule has 1 rings (SSSR count). The fourth-order valence-electron chi connectivity index (χ4n) is 1.14. The number of hydrogen-bond donors (Lipinski definition) is 1. The minimum absolute atomic E-state index is 0.265. The van der Waals surface area contributed by atoms with Gasteiger partial charge < -0.3 is 10.5 Å². The molecule has 0 aromatic heterocycles. The van der Waals surface area contributed by atoms with E-state index in [1.807, 2.05) is 24.3 Å². The number of amides is 1. The van der Waals surface area contributed by atoms with Crippen molar-refractivity contribution in [3.8, 4) is 18.1 Å². The molecule has 0 aliphatic heterocycles. The van der Waals surface area contributed by atoms with Crippen LogP contribution in [0.15, 0.2) is 24.3 Å². The highest BCUT2D eigenvalue weighted by Gasteiger charge is 1.98. The van der Waals surface area contributed by atoms with Crippen LogP contribution in [-0.4, -0.2) is 12.5 Å². The number of terminal acetylenes is 1. The first-order valence-electron chi connectivity index (χ1n) is 4.66. The monoisotopic (exact) mass is 203 g/mol. The Bertz CT molecular complexity index is 362. The van der Waals surface area contributed by atoms with Crippen molar-refractivity contribution in [2.24, 2.45) is 5.73 Å². The van der Waals surface area contributed by atoms with Gasteiger partial charge in [-0.25, -0.2) is 0 Å². The molecule has 2 N–H and O–H groups in total. The first kappa shape index (κ1) is 11.1. The van der Waals surface area contributed by atoms with E-state index < -0.39 is 0 Å². The molecule has 0 spiro atoms. The third kappa shape index (κ3) is 4.19. The Morgan fingerprint density at radius 2 is 2.07 bits per heavy atom. The lowest BCUT2D eigenvalue weighted by molar-refractivity contribution is -0.117. The molecule has 0 radical (unpaired) electrons. The standard InChI is InChI=1S/C12H13NO2/c1-2-9-15-11-6-3-10(4-7-11)5-8-12(13)14/h1,3-4,6-7H,5,8-9H2,(H2,13,14). The van der Waals surface area contributed by atoms with Crippen LogP contribution in [0.5, 0.6) is 5.75 Å². The molecule has 0 aliphatic rings. The predicted molar refractivity (Wildman–Crippen MR) is 58.3 cm³/mol. The Kier molecular flexibility index (Phi) is 4.24. The molecule has 78 valence electrons. The Balaban J connectivity index is 2.49. The molecule has 3 heteroatoms. The Morgan fingerprint density at radius 1 is 1.40 bits per heavy atom. The molecule has 0 saturated carbocycles. The lowest BCUT2D eigenvalue weighted by atomic mass is 10.1.